The maximum absolute atomic E-state index is 15.3. The molecule has 5 rings (SSSR count). The fourth-order valence-corrected chi connectivity index (χ4v) is 10.8. The normalized spacial score (nSPS) is 23.1. The Morgan fingerprint density at radius 3 is 1.54 bits per heavy atom. The van der Waals surface area contributed by atoms with Crippen LogP contribution >= 0.6 is 0 Å². The highest BCUT2D eigenvalue weighted by atomic mass is 16.2. The van der Waals surface area contributed by atoms with Gasteiger partial charge >= 0.3 is 0 Å². The van der Waals surface area contributed by atoms with E-state index in [1.54, 1.807) is 40.1 Å². The van der Waals surface area contributed by atoms with Gasteiger partial charge in [-0.15, -0.1) is 0 Å². The summed E-state index contributed by atoms with van der Waals surface area (Å²) in [7, 11) is 8.28. The van der Waals surface area contributed by atoms with Crippen molar-refractivity contribution >= 4 is 41.4 Å². The molecular weight excluding hydrogens is 981 g/mol. The summed E-state index contributed by atoms with van der Waals surface area (Å²) in [5.41, 5.74) is 4.13. The van der Waals surface area contributed by atoms with Gasteiger partial charge in [-0.05, 0) is 97.8 Å². The van der Waals surface area contributed by atoms with Crippen molar-refractivity contribution in [1.82, 2.24) is 40.0 Å². The molecule has 78 heavy (non-hydrogen) atoms. The highest BCUT2D eigenvalue weighted by Crippen LogP contribution is 2.25. The topological polar surface area (TPSA) is 163 Å². The van der Waals surface area contributed by atoms with Crippen molar-refractivity contribution in [3.8, 4) is 0 Å². The molecule has 6 atom stereocenters. The molecule has 15 nitrogen and oxygen atoms in total. The first kappa shape index (κ1) is 62.3. The number of piperidine rings is 1. The minimum Gasteiger partial charge on any atom is -0.365 e. The standard InChI is InChI=1S/C63H92N8O7/c1-43(2)35-52-59(74)65-51(60(75)71-33-22-15-23-34-71)39-50-31-24-30-47(38-50)29-20-21-32-57(72)67(9)53(40-48-25-16-13-17-26-48)58(73)64-42-46(7)66(8)56(41-49-27-18-14-19-28-49)63(78)70(12)55(37-45(5)6)62(77)69(11)54(36-44(3)4)61(76)68(52)10/h13-14,16-19,24-28,30-31,38,43-45,51-56H,7,15,20-23,29,32-37,39-42H2,1-6,8-12H3,(H,64,73)(H,65,74)/t51-,52-,53-,54-,55-,56-/m0/s1. The Hall–Kier alpha value is -6.51. The van der Waals surface area contributed by atoms with E-state index < -0.39 is 54.0 Å². The number of likely N-dealkylation sites (N-methyl/N-ethyl adjacent to an activating group) is 5. The Kier molecular flexibility index (Phi) is 24.0. The molecule has 0 aliphatic carbocycles. The lowest BCUT2D eigenvalue weighted by Gasteiger charge is -2.40. The highest BCUT2D eigenvalue weighted by Gasteiger charge is 2.42. The molecule has 2 aliphatic heterocycles. The lowest BCUT2D eigenvalue weighted by molar-refractivity contribution is -0.153. The number of nitrogens with zero attached hydrogens (tertiary/aromatic N) is 6. The van der Waals surface area contributed by atoms with E-state index in [1.165, 1.54) is 19.6 Å². The highest BCUT2D eigenvalue weighted by molar-refractivity contribution is 5.96. The molecule has 0 unspecified atom stereocenters. The van der Waals surface area contributed by atoms with Crippen molar-refractivity contribution in [2.75, 3.05) is 54.9 Å². The zero-order valence-corrected chi connectivity index (χ0v) is 48.8. The van der Waals surface area contributed by atoms with Gasteiger partial charge < -0.3 is 40.0 Å². The SMILES string of the molecule is C=C1CNC(=O)[C@H](Cc2ccccc2)N(C)C(=O)CCCCc2cccc(c2)C[C@@H](C(=O)N2CCCCC2)NC(=O)[C@H](CC(C)C)N(C)C(=O)[C@H](CC(C)C)N(C)C(=O)[C@H](CC(C)C)N(C)C(=O)[C@H](Cc2ccccc2)N1C. The number of carbonyl (C=O) groups is 7. The number of fused-ring (bicyclic) bond motifs is 2. The molecule has 0 aromatic heterocycles. The average Bonchev–Trinajstić information content (AvgIpc) is 3.44. The van der Waals surface area contributed by atoms with Crippen LogP contribution in [0.5, 0.6) is 0 Å². The van der Waals surface area contributed by atoms with Crippen LogP contribution in [0.1, 0.15) is 122 Å². The molecule has 2 aliphatic rings. The number of hydrogen-bond donors (Lipinski definition) is 2. The van der Waals surface area contributed by atoms with Crippen molar-refractivity contribution in [2.45, 2.75) is 161 Å². The van der Waals surface area contributed by atoms with Crippen LogP contribution < -0.4 is 10.6 Å². The van der Waals surface area contributed by atoms with Crippen molar-refractivity contribution < 1.29 is 33.6 Å². The molecule has 0 saturated carbocycles. The minimum atomic E-state index is -0.987. The summed E-state index contributed by atoms with van der Waals surface area (Å²) in [6.07, 6.45) is 6.63. The summed E-state index contributed by atoms with van der Waals surface area (Å²) >= 11 is 0. The Bertz CT molecular complexity index is 2480. The Morgan fingerprint density at radius 2 is 1.00 bits per heavy atom. The second kappa shape index (κ2) is 30.0. The minimum absolute atomic E-state index is 0.0129. The van der Waals surface area contributed by atoms with Crippen LogP contribution in [-0.2, 0) is 59.2 Å². The van der Waals surface area contributed by atoms with Crippen molar-refractivity contribution in [2.24, 2.45) is 17.8 Å². The zero-order valence-electron chi connectivity index (χ0n) is 48.8. The lowest BCUT2D eigenvalue weighted by atomic mass is 9.95. The summed E-state index contributed by atoms with van der Waals surface area (Å²) in [4.78, 5) is 113. The second-order valence-corrected chi connectivity index (χ2v) is 23.3. The quantitative estimate of drug-likeness (QED) is 0.202. The van der Waals surface area contributed by atoms with E-state index >= 15 is 14.4 Å². The maximum atomic E-state index is 15.3. The van der Waals surface area contributed by atoms with Gasteiger partial charge in [0.2, 0.25) is 41.4 Å². The number of carbonyl (C=O) groups excluding carboxylic acids is 7. The van der Waals surface area contributed by atoms with Gasteiger partial charge in [-0.3, -0.25) is 33.6 Å². The van der Waals surface area contributed by atoms with Gasteiger partial charge in [0.1, 0.15) is 36.3 Å². The fourth-order valence-electron chi connectivity index (χ4n) is 10.8. The third kappa shape index (κ3) is 17.8. The van der Waals surface area contributed by atoms with Gasteiger partial charge in [-0.2, -0.15) is 0 Å². The van der Waals surface area contributed by atoms with Crippen molar-refractivity contribution in [3.63, 3.8) is 0 Å². The number of amides is 7. The lowest BCUT2D eigenvalue weighted by Crippen LogP contribution is -2.60. The first-order valence-electron chi connectivity index (χ1n) is 28.6. The number of nitrogens with one attached hydrogen (secondary N) is 2. The molecule has 2 N–H and O–H groups in total. The predicted molar refractivity (Wildman–Crippen MR) is 309 cm³/mol. The van der Waals surface area contributed by atoms with Gasteiger partial charge in [0.15, 0.2) is 0 Å². The second-order valence-electron chi connectivity index (χ2n) is 23.3. The molecular formula is C63H92N8O7. The van der Waals surface area contributed by atoms with E-state index in [-0.39, 0.29) is 73.6 Å². The van der Waals surface area contributed by atoms with Gasteiger partial charge in [-0.1, -0.05) is 133 Å². The van der Waals surface area contributed by atoms with Gasteiger partial charge in [0.05, 0.1) is 6.54 Å². The molecule has 1 saturated heterocycles. The summed E-state index contributed by atoms with van der Waals surface area (Å²) in [6.45, 7) is 17.5. The molecule has 0 spiro atoms. The molecule has 0 radical (unpaired) electrons. The van der Waals surface area contributed by atoms with Gasteiger partial charge in [-0.25, -0.2) is 0 Å². The number of likely N-dealkylation sites (tertiary alicyclic amines) is 1. The number of hydrogen-bond acceptors (Lipinski definition) is 8. The molecule has 2 heterocycles. The van der Waals surface area contributed by atoms with E-state index in [0.717, 1.165) is 41.5 Å². The molecule has 426 valence electrons. The summed E-state index contributed by atoms with van der Waals surface area (Å²) in [6, 6.07) is 21.6. The molecule has 3 aromatic rings. The monoisotopic (exact) mass is 1070 g/mol. The van der Waals surface area contributed by atoms with E-state index in [9.17, 15) is 19.2 Å². The van der Waals surface area contributed by atoms with Gasteiger partial charge in [0, 0.05) is 79.7 Å². The van der Waals surface area contributed by atoms with E-state index in [1.807, 2.05) is 125 Å². The summed E-state index contributed by atoms with van der Waals surface area (Å²) < 4.78 is 0. The number of benzene rings is 3. The Morgan fingerprint density at radius 1 is 0.526 bits per heavy atom. The summed E-state index contributed by atoms with van der Waals surface area (Å²) in [5.74, 6) is -2.39. The molecule has 1 fully saturated rings. The Labute approximate surface area is 466 Å². The molecule has 2 bridgehead atoms. The average molecular weight is 1070 g/mol. The molecule has 7 amide bonds. The third-order valence-electron chi connectivity index (χ3n) is 15.6. The Balaban J connectivity index is 1.58. The smallest absolute Gasteiger partial charge is 0.246 e. The molecule has 3 aromatic carbocycles. The first-order valence-corrected chi connectivity index (χ1v) is 28.6. The largest absolute Gasteiger partial charge is 0.365 e. The number of rotatable bonds is 11. The van der Waals surface area contributed by atoms with Crippen LogP contribution in [0.3, 0.4) is 0 Å². The maximum Gasteiger partial charge on any atom is 0.246 e. The van der Waals surface area contributed by atoms with Crippen molar-refractivity contribution in [1.29, 1.82) is 0 Å². The fraction of sp³-hybridized carbons (Fsp3) is 0.571. The van der Waals surface area contributed by atoms with E-state index in [0.29, 0.717) is 57.3 Å². The summed E-state index contributed by atoms with van der Waals surface area (Å²) in [5, 5.41) is 6.20. The van der Waals surface area contributed by atoms with Crippen LogP contribution in [0.25, 0.3) is 0 Å². The van der Waals surface area contributed by atoms with Crippen LogP contribution in [0.4, 0.5) is 0 Å². The van der Waals surface area contributed by atoms with E-state index in [4.69, 9.17) is 0 Å². The zero-order chi connectivity index (χ0) is 57.2. The molecule has 15 heteroatoms. The van der Waals surface area contributed by atoms with Crippen LogP contribution in [0, 0.1) is 17.8 Å². The predicted octanol–water partition coefficient (Wildman–Crippen LogP) is 7.31. The van der Waals surface area contributed by atoms with Crippen LogP contribution in [0.15, 0.2) is 97.2 Å². The number of aryl methyl sites for hydroxylation is 1. The van der Waals surface area contributed by atoms with E-state index in [2.05, 4.69) is 23.3 Å². The van der Waals surface area contributed by atoms with Crippen LogP contribution in [-0.4, -0.2) is 162 Å². The van der Waals surface area contributed by atoms with Crippen LogP contribution in [0.2, 0.25) is 0 Å². The van der Waals surface area contributed by atoms with Gasteiger partial charge in [0.25, 0.3) is 0 Å². The first-order chi connectivity index (χ1) is 37.1. The van der Waals surface area contributed by atoms with Crippen molar-refractivity contribution in [3.05, 3.63) is 119 Å². The third-order valence-corrected chi connectivity index (χ3v) is 15.6.